The molecule has 8 heteroatoms. The Balaban J connectivity index is 2.04. The minimum absolute atomic E-state index is 0.0642. The number of piperidine rings is 1. The molecule has 24 heavy (non-hydrogen) atoms. The molecule has 1 N–H and O–H groups in total. The van der Waals surface area contributed by atoms with Gasteiger partial charge in [-0.25, -0.2) is 12.7 Å². The molecule has 1 aliphatic heterocycles. The molecule has 1 unspecified atom stereocenters. The molecular weight excluding hydrogens is 352 g/mol. The van der Waals surface area contributed by atoms with Crippen molar-refractivity contribution in [2.24, 2.45) is 5.92 Å². The molecule has 134 valence electrons. The van der Waals surface area contributed by atoms with Gasteiger partial charge in [0.1, 0.15) is 0 Å². The van der Waals surface area contributed by atoms with Gasteiger partial charge in [-0.1, -0.05) is 17.7 Å². The summed E-state index contributed by atoms with van der Waals surface area (Å²) >= 11 is 6.06. The SMILES string of the molecule is COCCS(=O)(=O)N1CCCC(C(=O)Nc2cccc(Cl)c2C)C1. The van der Waals surface area contributed by atoms with Crippen molar-refractivity contribution >= 4 is 33.2 Å². The number of ether oxygens (including phenoxy) is 1. The van der Waals surface area contributed by atoms with E-state index < -0.39 is 10.0 Å². The number of hydrogen-bond acceptors (Lipinski definition) is 4. The van der Waals surface area contributed by atoms with E-state index in [1.165, 1.54) is 11.4 Å². The smallest absolute Gasteiger partial charge is 0.228 e. The maximum absolute atomic E-state index is 12.5. The minimum atomic E-state index is -3.39. The molecule has 0 aromatic heterocycles. The summed E-state index contributed by atoms with van der Waals surface area (Å²) in [5.74, 6) is -0.605. The van der Waals surface area contributed by atoms with Gasteiger partial charge >= 0.3 is 0 Å². The molecule has 0 radical (unpaired) electrons. The van der Waals surface area contributed by atoms with Gasteiger partial charge in [-0.15, -0.1) is 0 Å². The number of carbonyl (C=O) groups excluding carboxylic acids is 1. The monoisotopic (exact) mass is 374 g/mol. The lowest BCUT2D eigenvalue weighted by Gasteiger charge is -2.31. The van der Waals surface area contributed by atoms with Gasteiger partial charge in [0.2, 0.25) is 15.9 Å². The summed E-state index contributed by atoms with van der Waals surface area (Å²) in [6.07, 6.45) is 1.33. The standard InChI is InChI=1S/C16H23ClN2O4S/c1-12-14(17)6-3-7-15(12)18-16(20)13-5-4-8-19(11-13)24(21,22)10-9-23-2/h3,6-7,13H,4-5,8-11H2,1-2H3,(H,18,20). The van der Waals surface area contributed by atoms with Gasteiger partial charge in [0.05, 0.1) is 18.3 Å². The van der Waals surface area contributed by atoms with E-state index in [0.29, 0.717) is 30.1 Å². The van der Waals surface area contributed by atoms with Crippen LogP contribution in [0.15, 0.2) is 18.2 Å². The van der Waals surface area contributed by atoms with Crippen molar-refractivity contribution in [1.82, 2.24) is 4.31 Å². The maximum Gasteiger partial charge on any atom is 0.228 e. The zero-order chi connectivity index (χ0) is 17.7. The lowest BCUT2D eigenvalue weighted by atomic mass is 9.98. The Labute approximate surface area is 148 Å². The molecule has 1 aromatic carbocycles. The number of amides is 1. The number of anilines is 1. The summed E-state index contributed by atoms with van der Waals surface area (Å²) in [7, 11) is -1.92. The van der Waals surface area contributed by atoms with Crippen molar-refractivity contribution in [1.29, 1.82) is 0 Å². The van der Waals surface area contributed by atoms with Crippen LogP contribution in [0, 0.1) is 12.8 Å². The summed E-state index contributed by atoms with van der Waals surface area (Å²) in [4.78, 5) is 12.5. The quantitative estimate of drug-likeness (QED) is 0.828. The zero-order valence-corrected chi connectivity index (χ0v) is 15.5. The number of nitrogens with zero attached hydrogens (tertiary/aromatic N) is 1. The third kappa shape index (κ3) is 4.69. The van der Waals surface area contributed by atoms with Gasteiger partial charge < -0.3 is 10.1 Å². The number of nitrogens with one attached hydrogen (secondary N) is 1. The first-order valence-electron chi connectivity index (χ1n) is 7.88. The van der Waals surface area contributed by atoms with E-state index in [1.807, 2.05) is 6.92 Å². The first kappa shape index (κ1) is 19.2. The maximum atomic E-state index is 12.5. The van der Waals surface area contributed by atoms with Gasteiger partial charge in [-0.05, 0) is 37.5 Å². The van der Waals surface area contributed by atoms with Crippen LogP contribution in [-0.4, -0.2) is 51.2 Å². The van der Waals surface area contributed by atoms with Crippen LogP contribution in [0.5, 0.6) is 0 Å². The van der Waals surface area contributed by atoms with E-state index in [1.54, 1.807) is 18.2 Å². The van der Waals surface area contributed by atoms with E-state index in [9.17, 15) is 13.2 Å². The molecule has 1 heterocycles. The fourth-order valence-electron chi connectivity index (χ4n) is 2.70. The lowest BCUT2D eigenvalue weighted by Crippen LogP contribution is -2.45. The Morgan fingerprint density at radius 1 is 1.46 bits per heavy atom. The fraction of sp³-hybridized carbons (Fsp3) is 0.562. The highest BCUT2D eigenvalue weighted by molar-refractivity contribution is 7.89. The molecule has 2 rings (SSSR count). The molecule has 0 aliphatic carbocycles. The Morgan fingerprint density at radius 2 is 2.21 bits per heavy atom. The van der Waals surface area contributed by atoms with Crippen LogP contribution < -0.4 is 5.32 Å². The third-order valence-corrected chi connectivity index (χ3v) is 6.43. The summed E-state index contributed by atoms with van der Waals surface area (Å²) in [5.41, 5.74) is 1.46. The minimum Gasteiger partial charge on any atom is -0.384 e. The highest BCUT2D eigenvalue weighted by Crippen LogP contribution is 2.25. The average molecular weight is 375 g/mol. The second kappa shape index (κ2) is 8.29. The van der Waals surface area contributed by atoms with E-state index in [2.05, 4.69) is 5.32 Å². The van der Waals surface area contributed by atoms with E-state index in [4.69, 9.17) is 16.3 Å². The summed E-state index contributed by atoms with van der Waals surface area (Å²) in [5, 5.41) is 3.45. The van der Waals surface area contributed by atoms with Crippen LogP contribution in [0.2, 0.25) is 5.02 Å². The highest BCUT2D eigenvalue weighted by Gasteiger charge is 2.32. The molecule has 1 saturated heterocycles. The molecule has 1 amide bonds. The molecule has 6 nitrogen and oxygen atoms in total. The fourth-order valence-corrected chi connectivity index (χ4v) is 4.33. The van der Waals surface area contributed by atoms with Crippen LogP contribution in [0.3, 0.4) is 0 Å². The number of methoxy groups -OCH3 is 1. The highest BCUT2D eigenvalue weighted by atomic mass is 35.5. The van der Waals surface area contributed by atoms with Gasteiger partial charge in [-0.2, -0.15) is 0 Å². The summed E-state index contributed by atoms with van der Waals surface area (Å²) in [6.45, 7) is 2.64. The number of halogens is 1. The first-order valence-corrected chi connectivity index (χ1v) is 9.86. The van der Waals surface area contributed by atoms with Gasteiger partial charge in [-0.3, -0.25) is 4.79 Å². The number of hydrogen-bond donors (Lipinski definition) is 1. The van der Waals surface area contributed by atoms with Crippen molar-refractivity contribution < 1.29 is 17.9 Å². The third-order valence-electron chi connectivity index (χ3n) is 4.22. The van der Waals surface area contributed by atoms with Crippen molar-refractivity contribution in [2.75, 3.05) is 37.9 Å². The number of carbonyl (C=O) groups is 1. The number of rotatable bonds is 6. The summed E-state index contributed by atoms with van der Waals surface area (Å²) in [6, 6.07) is 5.32. The molecule has 0 spiro atoms. The van der Waals surface area contributed by atoms with Gasteiger partial charge in [0.25, 0.3) is 0 Å². The predicted octanol–water partition coefficient (Wildman–Crippen LogP) is 2.28. The molecule has 1 fully saturated rings. The molecule has 1 aliphatic rings. The zero-order valence-electron chi connectivity index (χ0n) is 13.9. The van der Waals surface area contributed by atoms with Crippen molar-refractivity contribution in [2.45, 2.75) is 19.8 Å². The van der Waals surface area contributed by atoms with E-state index in [0.717, 1.165) is 5.56 Å². The predicted molar refractivity (Wildman–Crippen MR) is 94.8 cm³/mol. The average Bonchev–Trinajstić information content (AvgIpc) is 2.57. The van der Waals surface area contributed by atoms with Crippen LogP contribution >= 0.6 is 11.6 Å². The van der Waals surface area contributed by atoms with Crippen LogP contribution in [-0.2, 0) is 19.6 Å². The lowest BCUT2D eigenvalue weighted by molar-refractivity contribution is -0.120. The molecule has 1 atom stereocenters. The van der Waals surface area contributed by atoms with Crippen molar-refractivity contribution in [3.8, 4) is 0 Å². The van der Waals surface area contributed by atoms with Crippen molar-refractivity contribution in [3.63, 3.8) is 0 Å². The molecule has 0 saturated carbocycles. The molecule has 1 aromatic rings. The Bertz CT molecular complexity index is 693. The molecule has 0 bridgehead atoms. The van der Waals surface area contributed by atoms with Crippen LogP contribution in [0.1, 0.15) is 18.4 Å². The molecular formula is C16H23ClN2O4S. The second-order valence-corrected chi connectivity index (χ2v) is 8.40. The van der Waals surface area contributed by atoms with Gasteiger partial charge in [0.15, 0.2) is 0 Å². The largest absolute Gasteiger partial charge is 0.384 e. The first-order chi connectivity index (χ1) is 11.3. The Kier molecular flexibility index (Phi) is 6.62. The number of sulfonamides is 1. The van der Waals surface area contributed by atoms with E-state index >= 15 is 0 Å². The van der Waals surface area contributed by atoms with Gasteiger partial charge in [0, 0.05) is 30.9 Å². The van der Waals surface area contributed by atoms with Crippen LogP contribution in [0.4, 0.5) is 5.69 Å². The van der Waals surface area contributed by atoms with Crippen molar-refractivity contribution in [3.05, 3.63) is 28.8 Å². The van der Waals surface area contributed by atoms with Crippen LogP contribution in [0.25, 0.3) is 0 Å². The summed E-state index contributed by atoms with van der Waals surface area (Å²) < 4.78 is 30.8. The normalized spacial score (nSPS) is 19.2. The second-order valence-electron chi connectivity index (χ2n) is 5.91. The Hall–Kier alpha value is -1.15. The Morgan fingerprint density at radius 3 is 2.92 bits per heavy atom. The topological polar surface area (TPSA) is 75.7 Å². The number of benzene rings is 1. The van der Waals surface area contributed by atoms with E-state index in [-0.39, 0.29) is 30.7 Å².